The number of aromatic nitrogens is 4. The zero-order chi connectivity index (χ0) is 24.3. The smallest absolute Gasteiger partial charge is 0.453 e. The highest BCUT2D eigenvalue weighted by Crippen LogP contribution is 2.31. The molecule has 0 aliphatic heterocycles. The summed E-state index contributed by atoms with van der Waals surface area (Å²) in [6.07, 6.45) is -4.75. The Morgan fingerprint density at radius 3 is 2.42 bits per heavy atom. The van der Waals surface area contributed by atoms with E-state index < -0.39 is 12.0 Å². The van der Waals surface area contributed by atoms with E-state index in [1.54, 1.807) is 19.9 Å². The highest BCUT2D eigenvalue weighted by Gasteiger charge is 2.37. The van der Waals surface area contributed by atoms with Gasteiger partial charge in [-0.1, -0.05) is 6.07 Å². The van der Waals surface area contributed by atoms with E-state index in [-0.39, 0.29) is 24.1 Å². The number of aryl methyl sites for hydroxylation is 2. The number of carbonyl (C=O) groups is 1. The van der Waals surface area contributed by atoms with Crippen LogP contribution in [0.5, 0.6) is 11.5 Å². The maximum absolute atomic E-state index is 13.0. The van der Waals surface area contributed by atoms with E-state index in [4.69, 9.17) is 9.47 Å². The number of fused-ring (bicyclic) bond motifs is 1. The number of carbonyl (C=O) groups excluding carboxylic acids is 1. The minimum atomic E-state index is -4.68. The van der Waals surface area contributed by atoms with Crippen LogP contribution in [0.1, 0.15) is 55.2 Å². The van der Waals surface area contributed by atoms with Gasteiger partial charge >= 0.3 is 6.18 Å². The van der Waals surface area contributed by atoms with Crippen LogP contribution in [0.4, 0.5) is 13.2 Å². The van der Waals surface area contributed by atoms with E-state index in [2.05, 4.69) is 20.4 Å². The summed E-state index contributed by atoms with van der Waals surface area (Å²) >= 11 is 0. The Balaban J connectivity index is 1.79. The molecule has 1 unspecified atom stereocenters. The molecular formula is C22H26F3N5O3. The van der Waals surface area contributed by atoms with Crippen LogP contribution in [0.3, 0.4) is 0 Å². The molecule has 1 aromatic carbocycles. The van der Waals surface area contributed by atoms with Gasteiger partial charge < -0.3 is 14.8 Å². The van der Waals surface area contributed by atoms with Gasteiger partial charge in [-0.2, -0.15) is 18.2 Å². The van der Waals surface area contributed by atoms with Crippen molar-refractivity contribution in [1.29, 1.82) is 0 Å². The summed E-state index contributed by atoms with van der Waals surface area (Å²) in [5.74, 6) is -0.525. The fourth-order valence-electron chi connectivity index (χ4n) is 3.46. The maximum atomic E-state index is 13.0. The van der Waals surface area contributed by atoms with Crippen molar-refractivity contribution in [3.8, 4) is 11.5 Å². The third kappa shape index (κ3) is 5.35. The molecule has 3 rings (SSSR count). The van der Waals surface area contributed by atoms with Crippen LogP contribution >= 0.6 is 0 Å². The first-order chi connectivity index (χ1) is 15.5. The SMILES string of the molecule is CCOc1ccc(C(C)NC(=O)Cc2c(C)nc3nc(C(F)(F)F)nn3c2C)cc1OCC. The van der Waals surface area contributed by atoms with Crippen LogP contribution < -0.4 is 14.8 Å². The van der Waals surface area contributed by atoms with E-state index in [1.165, 1.54) is 0 Å². The fraction of sp³-hybridized carbons (Fsp3) is 0.455. The summed E-state index contributed by atoms with van der Waals surface area (Å²) < 4.78 is 51.1. The molecule has 2 heterocycles. The van der Waals surface area contributed by atoms with Crippen LogP contribution in [0, 0.1) is 13.8 Å². The molecule has 178 valence electrons. The predicted octanol–water partition coefficient (Wildman–Crippen LogP) is 3.98. The highest BCUT2D eigenvalue weighted by atomic mass is 19.4. The average molecular weight is 465 g/mol. The van der Waals surface area contributed by atoms with Crippen molar-refractivity contribution in [3.05, 3.63) is 46.5 Å². The zero-order valence-corrected chi connectivity index (χ0v) is 19.1. The lowest BCUT2D eigenvalue weighted by molar-refractivity contribution is -0.144. The van der Waals surface area contributed by atoms with Crippen molar-refractivity contribution in [2.24, 2.45) is 0 Å². The van der Waals surface area contributed by atoms with Crippen LogP contribution in [-0.4, -0.2) is 38.7 Å². The zero-order valence-electron chi connectivity index (χ0n) is 19.1. The van der Waals surface area contributed by atoms with Gasteiger partial charge in [0.2, 0.25) is 5.91 Å². The van der Waals surface area contributed by atoms with Gasteiger partial charge in [0.15, 0.2) is 11.5 Å². The lowest BCUT2D eigenvalue weighted by Crippen LogP contribution is -2.29. The van der Waals surface area contributed by atoms with Gasteiger partial charge in [-0.15, -0.1) is 5.10 Å². The molecule has 0 aliphatic carbocycles. The molecule has 0 bridgehead atoms. The second-order valence-corrected chi connectivity index (χ2v) is 7.44. The lowest BCUT2D eigenvalue weighted by atomic mass is 10.1. The van der Waals surface area contributed by atoms with Crippen LogP contribution in [0.2, 0.25) is 0 Å². The minimum absolute atomic E-state index is 0.0680. The Hall–Kier alpha value is -3.37. The van der Waals surface area contributed by atoms with Crippen molar-refractivity contribution in [2.75, 3.05) is 13.2 Å². The molecule has 3 aromatic rings. The molecule has 1 atom stereocenters. The average Bonchev–Trinajstić information content (AvgIpc) is 3.17. The van der Waals surface area contributed by atoms with Crippen molar-refractivity contribution < 1.29 is 27.4 Å². The number of rotatable bonds is 8. The molecule has 0 saturated carbocycles. The first-order valence-corrected chi connectivity index (χ1v) is 10.5. The number of halogens is 3. The normalized spacial score (nSPS) is 12.6. The number of hydrogen-bond acceptors (Lipinski definition) is 6. The summed E-state index contributed by atoms with van der Waals surface area (Å²) in [6, 6.07) is 5.11. The summed E-state index contributed by atoms with van der Waals surface area (Å²) in [4.78, 5) is 20.3. The highest BCUT2D eigenvalue weighted by molar-refractivity contribution is 5.79. The quantitative estimate of drug-likeness (QED) is 0.541. The Morgan fingerprint density at radius 1 is 1.12 bits per heavy atom. The van der Waals surface area contributed by atoms with E-state index in [0.717, 1.165) is 10.1 Å². The molecule has 0 aliphatic rings. The number of hydrogen-bond donors (Lipinski definition) is 1. The standard InChI is InChI=1S/C22H26F3N5O3/c1-6-32-17-9-8-15(10-18(17)33-7-2)12(3)26-19(31)11-16-13(4)27-21-28-20(22(23,24)25)29-30(21)14(16)5/h8-10,12H,6-7,11H2,1-5H3,(H,26,31). The van der Waals surface area contributed by atoms with E-state index in [9.17, 15) is 18.0 Å². The topological polar surface area (TPSA) is 90.6 Å². The molecule has 8 nitrogen and oxygen atoms in total. The number of nitrogens with zero attached hydrogens (tertiary/aromatic N) is 4. The van der Waals surface area contributed by atoms with Crippen LogP contribution in [-0.2, 0) is 17.4 Å². The third-order valence-electron chi connectivity index (χ3n) is 5.08. The van der Waals surface area contributed by atoms with E-state index in [1.807, 2.05) is 32.9 Å². The number of alkyl halides is 3. The van der Waals surface area contributed by atoms with E-state index in [0.29, 0.717) is 41.7 Å². The Morgan fingerprint density at radius 2 is 1.79 bits per heavy atom. The van der Waals surface area contributed by atoms with Gasteiger partial charge in [-0.05, 0) is 52.3 Å². The van der Waals surface area contributed by atoms with Crippen molar-refractivity contribution in [2.45, 2.75) is 53.3 Å². The second-order valence-electron chi connectivity index (χ2n) is 7.44. The summed E-state index contributed by atoms with van der Waals surface area (Å²) in [7, 11) is 0. The third-order valence-corrected chi connectivity index (χ3v) is 5.08. The van der Waals surface area contributed by atoms with Gasteiger partial charge in [0, 0.05) is 17.0 Å². The molecule has 2 aromatic heterocycles. The number of ether oxygens (including phenoxy) is 2. The second kappa shape index (κ2) is 9.63. The monoisotopic (exact) mass is 465 g/mol. The fourth-order valence-corrected chi connectivity index (χ4v) is 3.46. The molecule has 1 amide bonds. The Kier molecular flexibility index (Phi) is 7.09. The van der Waals surface area contributed by atoms with Gasteiger partial charge in [0.25, 0.3) is 11.6 Å². The predicted molar refractivity (Wildman–Crippen MR) is 114 cm³/mol. The lowest BCUT2D eigenvalue weighted by Gasteiger charge is -2.18. The molecule has 1 N–H and O–H groups in total. The largest absolute Gasteiger partial charge is 0.490 e. The van der Waals surface area contributed by atoms with Gasteiger partial charge in [-0.25, -0.2) is 9.50 Å². The molecule has 0 radical (unpaired) electrons. The van der Waals surface area contributed by atoms with Crippen molar-refractivity contribution >= 4 is 11.7 Å². The molecule has 0 fully saturated rings. The Bertz CT molecular complexity index is 1160. The Labute approximate surface area is 189 Å². The van der Waals surface area contributed by atoms with Gasteiger partial charge in [0.05, 0.1) is 25.7 Å². The minimum Gasteiger partial charge on any atom is -0.490 e. The van der Waals surface area contributed by atoms with E-state index >= 15 is 0 Å². The number of amides is 1. The molecular weight excluding hydrogens is 439 g/mol. The number of nitrogens with one attached hydrogen (secondary N) is 1. The molecule has 33 heavy (non-hydrogen) atoms. The van der Waals surface area contributed by atoms with Gasteiger partial charge in [0.1, 0.15) is 0 Å². The number of benzene rings is 1. The molecule has 0 spiro atoms. The molecule has 11 heteroatoms. The van der Waals surface area contributed by atoms with Crippen molar-refractivity contribution in [1.82, 2.24) is 24.9 Å². The summed E-state index contributed by atoms with van der Waals surface area (Å²) in [6.45, 7) is 9.76. The van der Waals surface area contributed by atoms with Crippen molar-refractivity contribution in [3.63, 3.8) is 0 Å². The summed E-state index contributed by atoms with van der Waals surface area (Å²) in [5.41, 5.74) is 2.11. The van der Waals surface area contributed by atoms with Crippen LogP contribution in [0.15, 0.2) is 18.2 Å². The summed E-state index contributed by atoms with van der Waals surface area (Å²) in [5, 5.41) is 6.42. The maximum Gasteiger partial charge on any atom is 0.453 e. The molecule has 0 saturated heterocycles. The van der Waals surface area contributed by atoms with Crippen LogP contribution in [0.25, 0.3) is 5.78 Å². The van der Waals surface area contributed by atoms with Gasteiger partial charge in [-0.3, -0.25) is 4.79 Å². The first-order valence-electron chi connectivity index (χ1n) is 10.5. The first kappa shape index (κ1) is 24.3.